The first-order chi connectivity index (χ1) is 17.8. The van der Waals surface area contributed by atoms with Crippen LogP contribution >= 0.6 is 24.0 Å². The lowest BCUT2D eigenvalue weighted by Gasteiger charge is -2.35. The molecular formula is C26H33N3O6S2. The van der Waals surface area contributed by atoms with Gasteiger partial charge in [-0.25, -0.2) is 0 Å². The van der Waals surface area contributed by atoms with Crippen LogP contribution in [0.3, 0.4) is 0 Å². The highest BCUT2D eigenvalue weighted by atomic mass is 32.2. The molecule has 1 aliphatic heterocycles. The van der Waals surface area contributed by atoms with E-state index in [0.717, 1.165) is 11.3 Å². The van der Waals surface area contributed by atoms with Crippen molar-refractivity contribution in [1.29, 1.82) is 0 Å². The van der Waals surface area contributed by atoms with E-state index in [2.05, 4.69) is 0 Å². The number of carbonyl (C=O) groups excluding carboxylic acids is 2. The molecule has 200 valence electrons. The van der Waals surface area contributed by atoms with Crippen molar-refractivity contribution in [3.05, 3.63) is 42.0 Å². The number of anilines is 1. The number of hydrogen-bond donors (Lipinski definition) is 0. The minimum absolute atomic E-state index is 0.0629. The van der Waals surface area contributed by atoms with E-state index in [1.807, 2.05) is 29.2 Å². The van der Waals surface area contributed by atoms with Gasteiger partial charge in [-0.2, -0.15) is 0 Å². The second-order valence-electron chi connectivity index (χ2n) is 8.26. The number of nitrogens with zero attached hydrogens (tertiary/aromatic N) is 3. The van der Waals surface area contributed by atoms with Crippen LogP contribution in [0.5, 0.6) is 23.0 Å². The highest BCUT2D eigenvalue weighted by Gasteiger charge is 2.24. The molecule has 1 fully saturated rings. The molecule has 9 nitrogen and oxygen atoms in total. The van der Waals surface area contributed by atoms with E-state index in [4.69, 9.17) is 31.2 Å². The monoisotopic (exact) mass is 547 g/mol. The van der Waals surface area contributed by atoms with Crippen molar-refractivity contribution in [2.75, 3.05) is 65.3 Å². The Morgan fingerprint density at radius 2 is 1.46 bits per heavy atom. The Kier molecular flexibility index (Phi) is 10.3. The van der Waals surface area contributed by atoms with Crippen LogP contribution in [0.4, 0.5) is 5.69 Å². The first kappa shape index (κ1) is 28.4. The Morgan fingerprint density at radius 1 is 0.892 bits per heavy atom. The zero-order chi connectivity index (χ0) is 26.9. The summed E-state index contributed by atoms with van der Waals surface area (Å²) in [6.45, 7) is 4.45. The third kappa shape index (κ3) is 7.20. The van der Waals surface area contributed by atoms with Gasteiger partial charge in [0.15, 0.2) is 11.5 Å². The van der Waals surface area contributed by atoms with E-state index in [1.165, 1.54) is 33.1 Å². The van der Waals surface area contributed by atoms with Gasteiger partial charge in [0.25, 0.3) is 0 Å². The molecule has 1 aliphatic rings. The number of thioether (sulfide) groups is 1. The number of ether oxygens (including phenoxy) is 4. The third-order valence-corrected chi connectivity index (χ3v) is 7.57. The zero-order valence-electron chi connectivity index (χ0n) is 21.8. The number of carbonyl (C=O) groups is 2. The predicted molar refractivity (Wildman–Crippen MR) is 149 cm³/mol. The normalized spacial score (nSPS) is 13.1. The maximum atomic E-state index is 13.6. The standard InChI is InChI=1S/C26H33N3O6S2/c1-18(30)27-10-12-28(13-11-27)26(36)37-17-24(31)29(16-19-6-8-21(32-2)9-7-19)20-14-22(33-3)25(35-5)23(15-20)34-4/h6-9,14-15H,10-13,16-17H2,1-5H3. The van der Waals surface area contributed by atoms with Crippen LogP contribution in [-0.2, 0) is 16.1 Å². The molecule has 0 bridgehead atoms. The first-order valence-corrected chi connectivity index (χ1v) is 13.1. The van der Waals surface area contributed by atoms with E-state index in [-0.39, 0.29) is 17.6 Å². The molecule has 0 unspecified atom stereocenters. The van der Waals surface area contributed by atoms with Gasteiger partial charge >= 0.3 is 0 Å². The highest BCUT2D eigenvalue weighted by molar-refractivity contribution is 8.23. The molecule has 0 radical (unpaired) electrons. The minimum Gasteiger partial charge on any atom is -0.497 e. The Morgan fingerprint density at radius 3 is 1.95 bits per heavy atom. The van der Waals surface area contributed by atoms with E-state index in [0.29, 0.717) is 60.0 Å². The van der Waals surface area contributed by atoms with Gasteiger partial charge in [0.2, 0.25) is 17.6 Å². The van der Waals surface area contributed by atoms with Crippen LogP contribution in [0.1, 0.15) is 12.5 Å². The van der Waals surface area contributed by atoms with Gasteiger partial charge in [0, 0.05) is 45.2 Å². The van der Waals surface area contributed by atoms with E-state index in [9.17, 15) is 9.59 Å². The van der Waals surface area contributed by atoms with Crippen molar-refractivity contribution >= 4 is 45.8 Å². The molecule has 2 aromatic rings. The van der Waals surface area contributed by atoms with Crippen LogP contribution in [-0.4, -0.2) is 86.3 Å². The second kappa shape index (κ2) is 13.4. The summed E-state index contributed by atoms with van der Waals surface area (Å²) in [7, 11) is 6.22. The molecule has 0 saturated carbocycles. The summed E-state index contributed by atoms with van der Waals surface area (Å²) in [4.78, 5) is 30.7. The highest BCUT2D eigenvalue weighted by Crippen LogP contribution is 2.41. The molecule has 11 heteroatoms. The topological polar surface area (TPSA) is 80.8 Å². The van der Waals surface area contributed by atoms with E-state index in [1.54, 1.807) is 36.0 Å². The lowest BCUT2D eigenvalue weighted by Crippen LogP contribution is -2.49. The SMILES string of the molecule is COc1ccc(CN(C(=O)CSC(=S)N2CCN(C(C)=O)CC2)c2cc(OC)c(OC)c(OC)c2)cc1. The van der Waals surface area contributed by atoms with Crippen LogP contribution < -0.4 is 23.8 Å². The molecule has 0 aliphatic carbocycles. The molecule has 1 heterocycles. The molecule has 0 aromatic heterocycles. The lowest BCUT2D eigenvalue weighted by atomic mass is 10.1. The first-order valence-electron chi connectivity index (χ1n) is 11.7. The van der Waals surface area contributed by atoms with Gasteiger partial charge < -0.3 is 33.6 Å². The maximum Gasteiger partial charge on any atom is 0.237 e. The second-order valence-corrected chi connectivity index (χ2v) is 9.87. The molecule has 3 rings (SSSR count). The molecule has 37 heavy (non-hydrogen) atoms. The Bertz CT molecular complexity index is 1080. The average molecular weight is 548 g/mol. The summed E-state index contributed by atoms with van der Waals surface area (Å²) in [5.41, 5.74) is 1.53. The predicted octanol–water partition coefficient (Wildman–Crippen LogP) is 3.44. The average Bonchev–Trinajstić information content (AvgIpc) is 2.93. The van der Waals surface area contributed by atoms with Crippen LogP contribution in [0, 0.1) is 0 Å². The molecule has 0 spiro atoms. The van der Waals surface area contributed by atoms with Crippen molar-refractivity contribution in [2.24, 2.45) is 0 Å². The van der Waals surface area contributed by atoms with Crippen molar-refractivity contribution in [2.45, 2.75) is 13.5 Å². The van der Waals surface area contributed by atoms with Gasteiger partial charge in [-0.1, -0.05) is 36.1 Å². The fraction of sp³-hybridized carbons (Fsp3) is 0.423. The van der Waals surface area contributed by atoms with Gasteiger partial charge in [-0.15, -0.1) is 0 Å². The molecular weight excluding hydrogens is 514 g/mol. The number of methoxy groups -OCH3 is 4. The van der Waals surface area contributed by atoms with Crippen LogP contribution in [0.2, 0.25) is 0 Å². The molecule has 2 amide bonds. The van der Waals surface area contributed by atoms with Gasteiger partial charge in [0.05, 0.1) is 46.4 Å². The minimum atomic E-state index is -0.125. The fourth-order valence-electron chi connectivity index (χ4n) is 3.96. The number of hydrogen-bond acceptors (Lipinski definition) is 8. The molecule has 2 aromatic carbocycles. The maximum absolute atomic E-state index is 13.6. The smallest absolute Gasteiger partial charge is 0.237 e. The summed E-state index contributed by atoms with van der Waals surface area (Å²) in [6.07, 6.45) is 0. The van der Waals surface area contributed by atoms with E-state index >= 15 is 0 Å². The summed E-state index contributed by atoms with van der Waals surface area (Å²) in [5, 5.41) is 0. The largest absolute Gasteiger partial charge is 0.497 e. The molecule has 0 atom stereocenters. The number of piperazine rings is 1. The van der Waals surface area contributed by atoms with Gasteiger partial charge in [0.1, 0.15) is 10.1 Å². The van der Waals surface area contributed by atoms with Crippen LogP contribution in [0.15, 0.2) is 36.4 Å². The molecule has 1 saturated heterocycles. The summed E-state index contributed by atoms with van der Waals surface area (Å²) in [5.74, 6) is 2.18. The van der Waals surface area contributed by atoms with Gasteiger partial charge in [-0.3, -0.25) is 9.59 Å². The van der Waals surface area contributed by atoms with Gasteiger partial charge in [-0.05, 0) is 17.7 Å². The Balaban J connectivity index is 1.81. The van der Waals surface area contributed by atoms with E-state index < -0.39 is 0 Å². The van der Waals surface area contributed by atoms with Crippen LogP contribution in [0.25, 0.3) is 0 Å². The van der Waals surface area contributed by atoms with Crippen molar-refractivity contribution < 1.29 is 28.5 Å². The quantitative estimate of drug-likeness (QED) is 0.439. The number of benzene rings is 2. The van der Waals surface area contributed by atoms with Crippen molar-refractivity contribution in [3.8, 4) is 23.0 Å². The Hall–Kier alpha value is -3.18. The molecule has 0 N–H and O–H groups in total. The summed E-state index contributed by atoms with van der Waals surface area (Å²) in [6, 6.07) is 11.1. The summed E-state index contributed by atoms with van der Waals surface area (Å²) >= 11 is 6.94. The summed E-state index contributed by atoms with van der Waals surface area (Å²) < 4.78 is 22.4. The Labute approximate surface area is 227 Å². The number of amides is 2. The third-order valence-electron chi connectivity index (χ3n) is 6.06. The number of thiocarbonyl (C=S) groups is 1. The van der Waals surface area contributed by atoms with Crippen molar-refractivity contribution in [1.82, 2.24) is 9.80 Å². The lowest BCUT2D eigenvalue weighted by molar-refractivity contribution is -0.130. The fourth-order valence-corrected chi connectivity index (χ4v) is 5.08. The number of rotatable bonds is 9. The van der Waals surface area contributed by atoms with Crippen molar-refractivity contribution in [3.63, 3.8) is 0 Å². The zero-order valence-corrected chi connectivity index (χ0v) is 23.4.